The number of hydrogen-bond donors (Lipinski definition) is 2. The van der Waals surface area contributed by atoms with Gasteiger partial charge < -0.3 is 20.0 Å². The third-order valence-electron chi connectivity index (χ3n) is 4.90. The number of carbonyl (C=O) groups excluding carboxylic acids is 3. The van der Waals surface area contributed by atoms with E-state index in [1.807, 2.05) is 0 Å². The van der Waals surface area contributed by atoms with Crippen molar-refractivity contribution in [1.29, 1.82) is 0 Å². The molecule has 34 heavy (non-hydrogen) atoms. The van der Waals surface area contributed by atoms with Gasteiger partial charge in [-0.2, -0.15) is 0 Å². The molecule has 0 bridgehead atoms. The second kappa shape index (κ2) is 10.7. The summed E-state index contributed by atoms with van der Waals surface area (Å²) in [5.74, 6) is -6.30. The lowest BCUT2D eigenvalue weighted by molar-refractivity contribution is -0.116. The topological polar surface area (TPSA) is 91.7 Å². The molecule has 178 valence electrons. The van der Waals surface area contributed by atoms with Gasteiger partial charge in [-0.15, -0.1) is 0 Å². The van der Waals surface area contributed by atoms with Gasteiger partial charge in [0.25, 0.3) is 11.8 Å². The zero-order chi connectivity index (χ0) is 24.8. The standard InChI is InChI=1S/C24H22F3N3O4/c1-3-10-30(13-20(31)28-17-9-8-16(25)21(26)22(17)27)24(33)15-7-6-14(2)18(12-15)29-23(32)19-5-4-11-34-19/h4-9,11-12H,3,10,13H2,1-2H3,(H,28,31)(H,29,32). The van der Waals surface area contributed by atoms with E-state index in [1.165, 1.54) is 23.3 Å². The Morgan fingerprint density at radius 1 is 0.971 bits per heavy atom. The van der Waals surface area contributed by atoms with Crippen LogP contribution >= 0.6 is 0 Å². The third kappa shape index (κ3) is 5.64. The van der Waals surface area contributed by atoms with Crippen LogP contribution in [0.4, 0.5) is 24.5 Å². The Kier molecular flexibility index (Phi) is 7.72. The van der Waals surface area contributed by atoms with Gasteiger partial charge in [-0.05, 0) is 55.3 Å². The summed E-state index contributed by atoms with van der Waals surface area (Å²) in [6.07, 6.45) is 1.88. The molecule has 0 aliphatic carbocycles. The van der Waals surface area contributed by atoms with E-state index in [4.69, 9.17) is 4.42 Å². The fourth-order valence-electron chi connectivity index (χ4n) is 3.17. The van der Waals surface area contributed by atoms with Gasteiger partial charge in [-0.3, -0.25) is 14.4 Å². The van der Waals surface area contributed by atoms with Gasteiger partial charge in [0.15, 0.2) is 23.2 Å². The lowest BCUT2D eigenvalue weighted by atomic mass is 10.1. The molecule has 0 saturated carbocycles. The van der Waals surface area contributed by atoms with Crippen molar-refractivity contribution in [1.82, 2.24) is 4.90 Å². The lowest BCUT2D eigenvalue weighted by Gasteiger charge is -2.22. The smallest absolute Gasteiger partial charge is 0.291 e. The first kappa shape index (κ1) is 24.6. The number of amides is 3. The molecular formula is C24H22F3N3O4. The zero-order valence-electron chi connectivity index (χ0n) is 18.5. The summed E-state index contributed by atoms with van der Waals surface area (Å²) >= 11 is 0. The minimum atomic E-state index is -1.71. The molecule has 3 amide bonds. The number of nitrogens with zero attached hydrogens (tertiary/aromatic N) is 1. The summed E-state index contributed by atoms with van der Waals surface area (Å²) in [6.45, 7) is 3.30. The maximum absolute atomic E-state index is 13.9. The van der Waals surface area contributed by atoms with Crippen LogP contribution in [-0.2, 0) is 4.79 Å². The van der Waals surface area contributed by atoms with Gasteiger partial charge in [-0.25, -0.2) is 13.2 Å². The Bertz CT molecular complexity index is 1210. The summed E-state index contributed by atoms with van der Waals surface area (Å²) in [7, 11) is 0. The maximum atomic E-state index is 13.9. The summed E-state index contributed by atoms with van der Waals surface area (Å²) in [6, 6.07) is 9.33. The maximum Gasteiger partial charge on any atom is 0.291 e. The number of anilines is 2. The lowest BCUT2D eigenvalue weighted by Crippen LogP contribution is -2.38. The van der Waals surface area contributed by atoms with Gasteiger partial charge in [0, 0.05) is 17.8 Å². The van der Waals surface area contributed by atoms with Gasteiger partial charge in [-0.1, -0.05) is 13.0 Å². The minimum Gasteiger partial charge on any atom is -0.459 e. The van der Waals surface area contributed by atoms with Gasteiger partial charge in [0.2, 0.25) is 5.91 Å². The van der Waals surface area contributed by atoms with Crippen LogP contribution in [0.5, 0.6) is 0 Å². The molecule has 0 atom stereocenters. The summed E-state index contributed by atoms with van der Waals surface area (Å²) in [4.78, 5) is 39.1. The normalized spacial score (nSPS) is 10.6. The first-order chi connectivity index (χ1) is 16.2. The van der Waals surface area contributed by atoms with E-state index in [-0.39, 0.29) is 17.9 Å². The highest BCUT2D eigenvalue weighted by Gasteiger charge is 2.21. The molecule has 1 heterocycles. The van der Waals surface area contributed by atoms with Crippen LogP contribution in [0.25, 0.3) is 0 Å². The molecule has 0 spiro atoms. The SMILES string of the molecule is CCCN(CC(=O)Nc1ccc(F)c(F)c1F)C(=O)c1ccc(C)c(NC(=O)c2ccco2)c1. The van der Waals surface area contributed by atoms with Crippen LogP contribution in [0.1, 0.15) is 39.8 Å². The third-order valence-corrected chi connectivity index (χ3v) is 4.90. The minimum absolute atomic E-state index is 0.102. The number of benzene rings is 2. The van der Waals surface area contributed by atoms with Crippen LogP contribution in [0.3, 0.4) is 0 Å². The number of rotatable bonds is 8. The van der Waals surface area contributed by atoms with E-state index in [0.29, 0.717) is 23.7 Å². The Balaban J connectivity index is 1.75. The summed E-state index contributed by atoms with van der Waals surface area (Å²) in [5.41, 5.74) is 0.758. The quantitative estimate of drug-likeness (QED) is 0.462. The molecule has 2 N–H and O–H groups in total. The first-order valence-corrected chi connectivity index (χ1v) is 10.4. The number of aryl methyl sites for hydroxylation is 1. The van der Waals surface area contributed by atoms with E-state index < -0.39 is 47.4 Å². The predicted molar refractivity (Wildman–Crippen MR) is 119 cm³/mol. The van der Waals surface area contributed by atoms with Crippen molar-refractivity contribution in [3.05, 3.63) is 83.1 Å². The second-order valence-electron chi connectivity index (χ2n) is 7.46. The highest BCUT2D eigenvalue weighted by atomic mass is 19.2. The number of nitrogens with one attached hydrogen (secondary N) is 2. The van der Waals surface area contributed by atoms with Crippen molar-refractivity contribution in [2.45, 2.75) is 20.3 Å². The molecule has 0 unspecified atom stereocenters. The predicted octanol–water partition coefficient (Wildman–Crippen LogP) is 4.75. The Morgan fingerprint density at radius 3 is 2.41 bits per heavy atom. The summed E-state index contributed by atoms with van der Waals surface area (Å²) < 4.78 is 45.5. The van der Waals surface area contributed by atoms with E-state index >= 15 is 0 Å². The Labute approximate surface area is 193 Å². The molecule has 3 rings (SSSR count). The van der Waals surface area contributed by atoms with Crippen LogP contribution in [-0.4, -0.2) is 35.7 Å². The molecule has 3 aromatic rings. The molecule has 0 fully saturated rings. The number of furan rings is 1. The van der Waals surface area contributed by atoms with Crippen molar-refractivity contribution < 1.29 is 32.0 Å². The van der Waals surface area contributed by atoms with Gasteiger partial charge >= 0.3 is 0 Å². The first-order valence-electron chi connectivity index (χ1n) is 10.4. The number of hydrogen-bond acceptors (Lipinski definition) is 4. The molecule has 0 aliphatic rings. The van der Waals surface area contributed by atoms with Crippen LogP contribution in [0.15, 0.2) is 53.1 Å². The zero-order valence-corrected chi connectivity index (χ0v) is 18.5. The molecule has 7 nitrogen and oxygen atoms in total. The highest BCUT2D eigenvalue weighted by Crippen LogP contribution is 2.21. The summed E-state index contributed by atoms with van der Waals surface area (Å²) in [5, 5.41) is 4.83. The van der Waals surface area contributed by atoms with E-state index in [2.05, 4.69) is 10.6 Å². The molecule has 0 radical (unpaired) electrons. The monoisotopic (exact) mass is 473 g/mol. The molecule has 10 heteroatoms. The molecular weight excluding hydrogens is 451 g/mol. The average Bonchev–Trinajstić information content (AvgIpc) is 3.35. The van der Waals surface area contributed by atoms with E-state index in [1.54, 1.807) is 32.0 Å². The fraction of sp³-hybridized carbons (Fsp3) is 0.208. The number of carbonyl (C=O) groups is 3. The van der Waals surface area contributed by atoms with Crippen LogP contribution in [0.2, 0.25) is 0 Å². The fourth-order valence-corrected chi connectivity index (χ4v) is 3.17. The second-order valence-corrected chi connectivity index (χ2v) is 7.46. The van der Waals surface area contributed by atoms with Crippen LogP contribution < -0.4 is 10.6 Å². The van der Waals surface area contributed by atoms with Crippen LogP contribution in [0, 0.1) is 24.4 Å². The Hall–Kier alpha value is -4.08. The van der Waals surface area contributed by atoms with Crippen molar-refractivity contribution >= 4 is 29.1 Å². The molecule has 1 aromatic heterocycles. The molecule has 0 saturated heterocycles. The van der Waals surface area contributed by atoms with Crippen molar-refractivity contribution in [3.63, 3.8) is 0 Å². The largest absolute Gasteiger partial charge is 0.459 e. The van der Waals surface area contributed by atoms with Crippen molar-refractivity contribution in [2.24, 2.45) is 0 Å². The van der Waals surface area contributed by atoms with Crippen molar-refractivity contribution in [2.75, 3.05) is 23.7 Å². The number of halogens is 3. The Morgan fingerprint density at radius 2 is 1.74 bits per heavy atom. The average molecular weight is 473 g/mol. The van der Waals surface area contributed by atoms with Gasteiger partial charge in [0.1, 0.15) is 6.54 Å². The van der Waals surface area contributed by atoms with Crippen molar-refractivity contribution in [3.8, 4) is 0 Å². The molecule has 2 aromatic carbocycles. The van der Waals surface area contributed by atoms with Gasteiger partial charge in [0.05, 0.1) is 12.0 Å². The van der Waals surface area contributed by atoms with E-state index in [0.717, 1.165) is 6.07 Å². The van der Waals surface area contributed by atoms with E-state index in [9.17, 15) is 27.6 Å². The highest BCUT2D eigenvalue weighted by molar-refractivity contribution is 6.04. The molecule has 0 aliphatic heterocycles.